The van der Waals surface area contributed by atoms with Crippen molar-refractivity contribution in [3.63, 3.8) is 0 Å². The third kappa shape index (κ3) is 3.14. The highest BCUT2D eigenvalue weighted by Gasteiger charge is 2.12. The molecule has 6 heteroatoms. The summed E-state index contributed by atoms with van der Waals surface area (Å²) in [5.41, 5.74) is 3.07. The maximum atomic E-state index is 12.2. The second-order valence-corrected chi connectivity index (χ2v) is 5.34. The molecule has 1 heterocycles. The van der Waals surface area contributed by atoms with Gasteiger partial charge in [-0.1, -0.05) is 15.9 Å². The van der Waals surface area contributed by atoms with Gasteiger partial charge in [-0.15, -0.1) is 10.2 Å². The van der Waals surface area contributed by atoms with E-state index in [1.807, 2.05) is 26.0 Å². The van der Waals surface area contributed by atoms with Gasteiger partial charge in [-0.2, -0.15) is 0 Å². The summed E-state index contributed by atoms with van der Waals surface area (Å²) in [4.78, 5) is 12.2. The Labute approximate surface area is 125 Å². The van der Waals surface area contributed by atoms with Gasteiger partial charge in [0.05, 0.1) is 0 Å². The van der Waals surface area contributed by atoms with Crippen LogP contribution in [-0.4, -0.2) is 23.2 Å². The molecule has 0 aliphatic rings. The fraction of sp³-hybridized carbons (Fsp3) is 0.214. The fourth-order valence-electron chi connectivity index (χ4n) is 1.87. The molecule has 0 radical (unpaired) electrons. The molecule has 1 aromatic heterocycles. The minimum absolute atomic E-state index is 0.270. The van der Waals surface area contributed by atoms with E-state index in [1.54, 1.807) is 19.2 Å². The number of benzene rings is 1. The van der Waals surface area contributed by atoms with Crippen LogP contribution >= 0.6 is 15.9 Å². The quantitative estimate of drug-likeness (QED) is 0.904. The van der Waals surface area contributed by atoms with E-state index in [0.29, 0.717) is 5.82 Å². The highest BCUT2D eigenvalue weighted by atomic mass is 79.9. The second-order valence-electron chi connectivity index (χ2n) is 4.42. The third-order valence-corrected chi connectivity index (χ3v) is 3.35. The number of hydrogen-bond acceptors (Lipinski definition) is 4. The number of aryl methyl sites for hydroxylation is 2. The summed E-state index contributed by atoms with van der Waals surface area (Å²) in [5, 5.41) is 13.5. The number of anilines is 2. The number of nitrogens with zero attached hydrogens (tertiary/aromatic N) is 2. The molecule has 5 nitrogen and oxygen atoms in total. The van der Waals surface area contributed by atoms with Crippen molar-refractivity contribution in [3.05, 3.63) is 45.6 Å². The number of rotatable bonds is 3. The molecule has 0 aliphatic heterocycles. The molecule has 0 fully saturated rings. The van der Waals surface area contributed by atoms with Crippen molar-refractivity contribution in [1.29, 1.82) is 0 Å². The number of carbonyl (C=O) groups is 1. The molecular weight excluding hydrogens is 320 g/mol. The molecule has 1 aromatic carbocycles. The molecule has 2 rings (SSSR count). The van der Waals surface area contributed by atoms with Crippen molar-refractivity contribution in [1.82, 2.24) is 10.2 Å². The predicted molar refractivity (Wildman–Crippen MR) is 83.1 cm³/mol. The normalized spacial score (nSPS) is 10.2. The van der Waals surface area contributed by atoms with Gasteiger partial charge in [0.2, 0.25) is 0 Å². The van der Waals surface area contributed by atoms with Crippen LogP contribution in [0, 0.1) is 13.8 Å². The molecule has 2 N–H and O–H groups in total. The van der Waals surface area contributed by atoms with E-state index in [9.17, 15) is 4.79 Å². The molecule has 0 saturated carbocycles. The maximum absolute atomic E-state index is 12.2. The Bertz CT molecular complexity index is 617. The number of halogens is 1. The van der Waals surface area contributed by atoms with Crippen molar-refractivity contribution in [2.75, 3.05) is 17.7 Å². The predicted octanol–water partition coefficient (Wildman–Crippen LogP) is 3.15. The van der Waals surface area contributed by atoms with Crippen LogP contribution < -0.4 is 10.6 Å². The SMILES string of the molecule is CNc1ccc(C(=O)Nc2c(C)cc(Br)cc2C)nn1. The van der Waals surface area contributed by atoms with Crippen LogP contribution in [0.25, 0.3) is 0 Å². The molecule has 1 amide bonds. The Morgan fingerprint density at radius 1 is 1.15 bits per heavy atom. The first-order valence-electron chi connectivity index (χ1n) is 6.11. The number of aromatic nitrogens is 2. The van der Waals surface area contributed by atoms with Gasteiger partial charge in [-0.25, -0.2) is 0 Å². The lowest BCUT2D eigenvalue weighted by molar-refractivity contribution is 0.102. The molecule has 0 aliphatic carbocycles. The summed E-state index contributed by atoms with van der Waals surface area (Å²) >= 11 is 3.43. The van der Waals surface area contributed by atoms with Gasteiger partial charge < -0.3 is 10.6 Å². The molecule has 0 spiro atoms. The molecule has 0 atom stereocenters. The Kier molecular flexibility index (Phi) is 4.34. The molecule has 104 valence electrons. The fourth-order valence-corrected chi connectivity index (χ4v) is 2.56. The topological polar surface area (TPSA) is 66.9 Å². The van der Waals surface area contributed by atoms with Crippen molar-refractivity contribution in [2.24, 2.45) is 0 Å². The van der Waals surface area contributed by atoms with Gasteiger partial charge in [-0.05, 0) is 49.2 Å². The molecule has 0 saturated heterocycles. The molecule has 0 bridgehead atoms. The smallest absolute Gasteiger partial charge is 0.276 e. The first kappa shape index (κ1) is 14.5. The summed E-state index contributed by atoms with van der Waals surface area (Å²) in [6, 6.07) is 7.26. The largest absolute Gasteiger partial charge is 0.372 e. The van der Waals surface area contributed by atoms with E-state index in [1.165, 1.54) is 0 Å². The molecule has 20 heavy (non-hydrogen) atoms. The summed E-state index contributed by atoms with van der Waals surface area (Å²) in [5.74, 6) is 0.353. The highest BCUT2D eigenvalue weighted by Crippen LogP contribution is 2.25. The average Bonchev–Trinajstić information content (AvgIpc) is 2.42. The minimum Gasteiger partial charge on any atom is -0.372 e. The van der Waals surface area contributed by atoms with Crippen LogP contribution in [0.15, 0.2) is 28.7 Å². The van der Waals surface area contributed by atoms with Gasteiger partial charge in [0.1, 0.15) is 5.82 Å². The lowest BCUT2D eigenvalue weighted by Crippen LogP contribution is -2.16. The van der Waals surface area contributed by atoms with Gasteiger partial charge >= 0.3 is 0 Å². The van der Waals surface area contributed by atoms with E-state index in [2.05, 4.69) is 36.8 Å². The van der Waals surface area contributed by atoms with Gasteiger partial charge in [0.15, 0.2) is 5.69 Å². The zero-order valence-electron chi connectivity index (χ0n) is 11.5. The number of amides is 1. The number of hydrogen-bond donors (Lipinski definition) is 2. The Balaban J connectivity index is 2.23. The summed E-state index contributed by atoms with van der Waals surface area (Å²) < 4.78 is 0.990. The van der Waals surface area contributed by atoms with Crippen LogP contribution in [-0.2, 0) is 0 Å². The highest BCUT2D eigenvalue weighted by molar-refractivity contribution is 9.10. The zero-order chi connectivity index (χ0) is 14.7. The first-order valence-corrected chi connectivity index (χ1v) is 6.90. The van der Waals surface area contributed by atoms with Gasteiger partial charge in [0, 0.05) is 17.2 Å². The van der Waals surface area contributed by atoms with Crippen molar-refractivity contribution < 1.29 is 4.79 Å². The van der Waals surface area contributed by atoms with Crippen LogP contribution in [0.2, 0.25) is 0 Å². The van der Waals surface area contributed by atoms with E-state index in [4.69, 9.17) is 0 Å². The Morgan fingerprint density at radius 3 is 2.30 bits per heavy atom. The summed E-state index contributed by atoms with van der Waals surface area (Å²) in [6.45, 7) is 3.90. The van der Waals surface area contributed by atoms with Crippen LogP contribution in [0.1, 0.15) is 21.6 Å². The summed E-state index contributed by atoms with van der Waals surface area (Å²) in [6.07, 6.45) is 0. The lowest BCUT2D eigenvalue weighted by Gasteiger charge is -2.12. The second kappa shape index (κ2) is 6.00. The van der Waals surface area contributed by atoms with Crippen molar-refractivity contribution in [2.45, 2.75) is 13.8 Å². The monoisotopic (exact) mass is 334 g/mol. The van der Waals surface area contributed by atoms with E-state index in [0.717, 1.165) is 21.3 Å². The van der Waals surface area contributed by atoms with E-state index < -0.39 is 0 Å². The third-order valence-electron chi connectivity index (χ3n) is 2.89. The number of nitrogens with one attached hydrogen (secondary N) is 2. The van der Waals surface area contributed by atoms with Crippen LogP contribution in [0.3, 0.4) is 0 Å². The first-order chi connectivity index (χ1) is 9.51. The van der Waals surface area contributed by atoms with E-state index >= 15 is 0 Å². The summed E-state index contributed by atoms with van der Waals surface area (Å²) in [7, 11) is 1.75. The minimum atomic E-state index is -0.270. The molecule has 2 aromatic rings. The lowest BCUT2D eigenvalue weighted by atomic mass is 10.1. The number of carbonyl (C=O) groups excluding carboxylic acids is 1. The molecular formula is C14H15BrN4O. The van der Waals surface area contributed by atoms with Crippen LogP contribution in [0.4, 0.5) is 11.5 Å². The van der Waals surface area contributed by atoms with Crippen molar-refractivity contribution >= 4 is 33.3 Å². The average molecular weight is 335 g/mol. The zero-order valence-corrected chi connectivity index (χ0v) is 13.1. The Morgan fingerprint density at radius 2 is 1.80 bits per heavy atom. The van der Waals surface area contributed by atoms with Crippen molar-refractivity contribution in [3.8, 4) is 0 Å². The standard InChI is InChI=1S/C14H15BrN4O/c1-8-6-10(15)7-9(2)13(8)17-14(20)11-4-5-12(16-3)19-18-11/h4-7H,1-3H3,(H,16,19)(H,17,20). The van der Waals surface area contributed by atoms with Gasteiger partial charge in [0.25, 0.3) is 5.91 Å². The van der Waals surface area contributed by atoms with Gasteiger partial charge in [-0.3, -0.25) is 4.79 Å². The van der Waals surface area contributed by atoms with Crippen LogP contribution in [0.5, 0.6) is 0 Å². The van der Waals surface area contributed by atoms with E-state index in [-0.39, 0.29) is 11.6 Å². The Hall–Kier alpha value is -1.95. The maximum Gasteiger partial charge on any atom is 0.276 e. The molecule has 0 unspecified atom stereocenters.